The van der Waals surface area contributed by atoms with Gasteiger partial charge < -0.3 is 9.64 Å². The molecule has 0 radical (unpaired) electrons. The maximum Gasteiger partial charge on any atom is 0.410 e. The molecule has 1 aromatic heterocycles. The molecule has 0 atom stereocenters. The maximum atomic E-state index is 12.0. The Morgan fingerprint density at radius 2 is 2.04 bits per heavy atom. The summed E-state index contributed by atoms with van der Waals surface area (Å²) < 4.78 is 7.06. The van der Waals surface area contributed by atoms with Gasteiger partial charge in [0.15, 0.2) is 0 Å². The molecule has 1 fully saturated rings. The molecule has 2 rings (SSSR count). The molecule has 1 amide bonds. The molecule has 8 heteroatoms. The minimum atomic E-state index is -0.487. The molecule has 0 aliphatic carbocycles. The Morgan fingerprint density at radius 1 is 1.43 bits per heavy atom. The lowest BCUT2D eigenvalue weighted by Crippen LogP contribution is -2.42. The average Bonchev–Trinajstić information content (AvgIpc) is 2.79. The van der Waals surface area contributed by atoms with E-state index < -0.39 is 10.5 Å². The smallest absolute Gasteiger partial charge is 0.410 e. The number of ether oxygens (including phenoxy) is 1. The van der Waals surface area contributed by atoms with Gasteiger partial charge in [0.25, 0.3) is 0 Å². The largest absolute Gasteiger partial charge is 0.444 e. The van der Waals surface area contributed by atoms with Crippen molar-refractivity contribution in [3.05, 3.63) is 22.0 Å². The van der Waals surface area contributed by atoms with Gasteiger partial charge in [-0.2, -0.15) is 5.10 Å². The molecule has 2 heterocycles. The number of nitrogens with zero attached hydrogens (tertiary/aromatic N) is 4. The third-order valence-electron chi connectivity index (χ3n) is 3.97. The topological polar surface area (TPSA) is 90.5 Å². The lowest BCUT2D eigenvalue weighted by molar-refractivity contribution is -0.385. The summed E-state index contributed by atoms with van der Waals surface area (Å²) in [5, 5.41) is 15.0. The van der Waals surface area contributed by atoms with Gasteiger partial charge in [0, 0.05) is 19.6 Å². The van der Waals surface area contributed by atoms with Crippen LogP contribution in [0.2, 0.25) is 0 Å². The fourth-order valence-corrected chi connectivity index (χ4v) is 2.67. The third kappa shape index (κ3) is 4.43. The average molecular weight is 324 g/mol. The highest BCUT2D eigenvalue weighted by atomic mass is 16.6. The molecule has 0 spiro atoms. The van der Waals surface area contributed by atoms with Gasteiger partial charge in [-0.3, -0.25) is 14.8 Å². The van der Waals surface area contributed by atoms with Crippen LogP contribution in [0.25, 0.3) is 0 Å². The zero-order valence-electron chi connectivity index (χ0n) is 14.1. The van der Waals surface area contributed by atoms with Gasteiger partial charge in [-0.05, 0) is 46.5 Å². The Hall–Kier alpha value is -2.12. The van der Waals surface area contributed by atoms with Crippen LogP contribution in [0.15, 0.2) is 6.20 Å². The lowest BCUT2D eigenvalue weighted by atomic mass is 9.97. The van der Waals surface area contributed by atoms with Crippen molar-refractivity contribution < 1.29 is 14.5 Å². The van der Waals surface area contributed by atoms with Crippen LogP contribution in [0.1, 0.15) is 39.3 Å². The first kappa shape index (κ1) is 17.2. The van der Waals surface area contributed by atoms with Gasteiger partial charge >= 0.3 is 11.8 Å². The second-order valence-corrected chi connectivity index (χ2v) is 6.97. The van der Waals surface area contributed by atoms with E-state index in [1.165, 1.54) is 6.20 Å². The third-order valence-corrected chi connectivity index (χ3v) is 3.97. The molecule has 0 aromatic carbocycles. The predicted octanol–water partition coefficient (Wildman–Crippen LogP) is 2.75. The minimum absolute atomic E-state index is 0.0520. The fourth-order valence-electron chi connectivity index (χ4n) is 2.67. The zero-order valence-corrected chi connectivity index (χ0v) is 14.1. The van der Waals surface area contributed by atoms with E-state index in [4.69, 9.17) is 4.74 Å². The second-order valence-electron chi connectivity index (χ2n) is 6.97. The van der Waals surface area contributed by atoms with Crippen LogP contribution < -0.4 is 0 Å². The molecule has 1 aromatic rings. The number of carbonyl (C=O) groups is 1. The Labute approximate surface area is 135 Å². The minimum Gasteiger partial charge on any atom is -0.444 e. The van der Waals surface area contributed by atoms with Crippen molar-refractivity contribution in [1.82, 2.24) is 14.7 Å². The van der Waals surface area contributed by atoms with Gasteiger partial charge in [0.1, 0.15) is 17.5 Å². The van der Waals surface area contributed by atoms with E-state index in [-0.39, 0.29) is 11.8 Å². The molecule has 1 saturated heterocycles. The molecule has 0 unspecified atom stereocenters. The van der Waals surface area contributed by atoms with E-state index in [2.05, 4.69) is 5.10 Å². The summed E-state index contributed by atoms with van der Waals surface area (Å²) in [5.41, 5.74) is 0.139. The monoisotopic (exact) mass is 324 g/mol. The van der Waals surface area contributed by atoms with Crippen molar-refractivity contribution in [1.29, 1.82) is 0 Å². The van der Waals surface area contributed by atoms with E-state index in [0.29, 0.717) is 31.2 Å². The number of aromatic nitrogens is 2. The van der Waals surface area contributed by atoms with Gasteiger partial charge in [-0.1, -0.05) is 0 Å². The molecule has 0 bridgehead atoms. The molecular formula is C15H24N4O4. The summed E-state index contributed by atoms with van der Waals surface area (Å²) in [4.78, 5) is 24.2. The van der Waals surface area contributed by atoms with Crippen molar-refractivity contribution in [2.45, 2.75) is 52.7 Å². The Balaban J connectivity index is 1.88. The summed E-state index contributed by atoms with van der Waals surface area (Å²) >= 11 is 0. The predicted molar refractivity (Wildman–Crippen MR) is 84.1 cm³/mol. The standard InChI is InChI=1S/C15H24N4O4/c1-11-13(19(21)22)9-16-18(11)10-12-5-7-17(8-6-12)14(20)23-15(2,3)4/h9,12H,5-8,10H2,1-4H3. The van der Waals surface area contributed by atoms with Crippen molar-refractivity contribution in [2.75, 3.05) is 13.1 Å². The maximum absolute atomic E-state index is 12.0. The normalized spacial score (nSPS) is 16.4. The van der Waals surface area contributed by atoms with Crippen molar-refractivity contribution in [2.24, 2.45) is 5.92 Å². The Morgan fingerprint density at radius 3 is 2.52 bits per heavy atom. The van der Waals surface area contributed by atoms with E-state index in [1.807, 2.05) is 20.8 Å². The van der Waals surface area contributed by atoms with Crippen LogP contribution in [0.4, 0.5) is 10.5 Å². The Bertz CT molecular complexity index is 583. The van der Waals surface area contributed by atoms with E-state index >= 15 is 0 Å². The first-order valence-electron chi connectivity index (χ1n) is 7.82. The molecule has 0 N–H and O–H groups in total. The highest BCUT2D eigenvalue weighted by molar-refractivity contribution is 5.68. The van der Waals surface area contributed by atoms with E-state index in [9.17, 15) is 14.9 Å². The summed E-state index contributed by atoms with van der Waals surface area (Å²) in [6.45, 7) is 9.19. The number of hydrogen-bond acceptors (Lipinski definition) is 5. The van der Waals surface area contributed by atoms with Gasteiger partial charge in [-0.15, -0.1) is 0 Å². The van der Waals surface area contributed by atoms with Crippen LogP contribution in [-0.4, -0.2) is 44.4 Å². The molecule has 1 aliphatic heterocycles. The summed E-state index contributed by atoms with van der Waals surface area (Å²) in [6, 6.07) is 0. The van der Waals surface area contributed by atoms with Crippen LogP contribution in [0.5, 0.6) is 0 Å². The summed E-state index contributed by atoms with van der Waals surface area (Å²) in [6.07, 6.45) is 2.70. The van der Waals surface area contributed by atoms with Gasteiger partial charge in [-0.25, -0.2) is 4.79 Å². The molecule has 8 nitrogen and oxygen atoms in total. The van der Waals surface area contributed by atoms with E-state index in [0.717, 1.165) is 12.8 Å². The quantitative estimate of drug-likeness (QED) is 0.630. The lowest BCUT2D eigenvalue weighted by Gasteiger charge is -2.33. The SMILES string of the molecule is Cc1c([N+](=O)[O-])cnn1CC1CCN(C(=O)OC(C)(C)C)CC1. The van der Waals surface area contributed by atoms with E-state index in [1.54, 1.807) is 16.5 Å². The number of hydrogen-bond donors (Lipinski definition) is 0. The van der Waals surface area contributed by atoms with Crippen molar-refractivity contribution in [3.8, 4) is 0 Å². The molecule has 128 valence electrons. The number of piperidine rings is 1. The molecule has 1 aliphatic rings. The highest BCUT2D eigenvalue weighted by Gasteiger charge is 2.28. The van der Waals surface area contributed by atoms with Crippen LogP contribution in [0, 0.1) is 23.0 Å². The number of nitro groups is 1. The fraction of sp³-hybridized carbons (Fsp3) is 0.733. The van der Waals surface area contributed by atoms with Gasteiger partial charge in [0.2, 0.25) is 0 Å². The molecule has 0 saturated carbocycles. The summed E-state index contributed by atoms with van der Waals surface area (Å²) in [5.74, 6) is 0.354. The molecule has 23 heavy (non-hydrogen) atoms. The first-order valence-corrected chi connectivity index (χ1v) is 7.82. The van der Waals surface area contributed by atoms with Crippen molar-refractivity contribution in [3.63, 3.8) is 0 Å². The molecular weight excluding hydrogens is 300 g/mol. The van der Waals surface area contributed by atoms with Crippen molar-refractivity contribution >= 4 is 11.8 Å². The second kappa shape index (κ2) is 6.55. The number of amides is 1. The zero-order chi connectivity index (χ0) is 17.2. The number of carbonyl (C=O) groups excluding carboxylic acids is 1. The highest BCUT2D eigenvalue weighted by Crippen LogP contribution is 2.23. The van der Waals surface area contributed by atoms with Crippen LogP contribution in [-0.2, 0) is 11.3 Å². The number of rotatable bonds is 3. The Kier molecular flexibility index (Phi) is 4.91. The first-order chi connectivity index (χ1) is 10.7. The number of likely N-dealkylation sites (tertiary alicyclic amines) is 1. The van der Waals surface area contributed by atoms with Crippen LogP contribution >= 0.6 is 0 Å². The summed E-state index contributed by atoms with van der Waals surface area (Å²) in [7, 11) is 0. The van der Waals surface area contributed by atoms with Gasteiger partial charge in [0.05, 0.1) is 4.92 Å². The van der Waals surface area contributed by atoms with Crippen LogP contribution in [0.3, 0.4) is 0 Å².